The predicted octanol–water partition coefficient (Wildman–Crippen LogP) is 4.41. The number of ether oxygens (including phenoxy) is 1. The number of carbonyl (C=O) groups is 2. The molecule has 178 valence electrons. The summed E-state index contributed by atoms with van der Waals surface area (Å²) in [6.07, 6.45) is 0. The first-order valence-electron chi connectivity index (χ1n) is 9.86. The number of halogens is 3. The van der Waals surface area contributed by atoms with E-state index >= 15 is 0 Å². The van der Waals surface area contributed by atoms with E-state index in [0.717, 1.165) is 29.2 Å². The highest BCUT2D eigenvalue weighted by molar-refractivity contribution is 7.92. The third-order valence-electron chi connectivity index (χ3n) is 5.07. The summed E-state index contributed by atoms with van der Waals surface area (Å²) in [5.74, 6) is -1.72. The Morgan fingerprint density at radius 2 is 1.71 bits per heavy atom. The molecule has 0 fully saturated rings. The highest BCUT2D eigenvalue weighted by Gasteiger charge is 2.40. The minimum atomic E-state index is -4.27. The molecule has 1 aliphatic heterocycles. The highest BCUT2D eigenvalue weighted by Crippen LogP contribution is 2.36. The zero-order valence-electron chi connectivity index (χ0n) is 17.5. The van der Waals surface area contributed by atoms with Gasteiger partial charge in [-0.1, -0.05) is 23.7 Å². The van der Waals surface area contributed by atoms with Crippen molar-refractivity contribution in [3.63, 3.8) is 0 Å². The van der Waals surface area contributed by atoms with Crippen LogP contribution in [0.2, 0.25) is 5.02 Å². The van der Waals surface area contributed by atoms with Crippen molar-refractivity contribution in [3.8, 4) is 11.8 Å². The number of fused-ring (bicyclic) bond motifs is 1. The first-order chi connectivity index (χ1) is 16.6. The van der Waals surface area contributed by atoms with Gasteiger partial charge in [0.2, 0.25) is 0 Å². The average molecular weight is 518 g/mol. The van der Waals surface area contributed by atoms with E-state index < -0.39 is 28.4 Å². The summed E-state index contributed by atoms with van der Waals surface area (Å²) in [5.41, 5.74) is 0.302. The standard InChI is InChI=1S/C23H14ClF2N3O5S/c24-17-8-9-18(28-35(32,33)16-6-4-15(5-7-16)34-23(25)26)20-19(17)21(30)29(22(20)31)12-14-3-1-2-13(10-14)11-27/h1-10,23,28H,12H2. The van der Waals surface area contributed by atoms with Crippen LogP contribution in [-0.2, 0) is 16.6 Å². The molecule has 0 spiro atoms. The quantitative estimate of drug-likeness (QED) is 0.464. The third-order valence-corrected chi connectivity index (χ3v) is 6.77. The smallest absolute Gasteiger partial charge is 0.387 e. The predicted molar refractivity (Wildman–Crippen MR) is 121 cm³/mol. The molecular formula is C23H14ClF2N3O5S. The molecule has 1 aliphatic rings. The first kappa shape index (κ1) is 24.1. The van der Waals surface area contributed by atoms with Crippen molar-refractivity contribution in [2.45, 2.75) is 18.1 Å². The molecule has 35 heavy (non-hydrogen) atoms. The summed E-state index contributed by atoms with van der Waals surface area (Å²) in [7, 11) is -4.27. The summed E-state index contributed by atoms with van der Waals surface area (Å²) in [5, 5.41) is 9.04. The van der Waals surface area contributed by atoms with Gasteiger partial charge in [0.15, 0.2) is 0 Å². The second-order valence-electron chi connectivity index (χ2n) is 7.31. The Bertz CT molecular complexity index is 1490. The number of amides is 2. The Balaban J connectivity index is 1.65. The molecule has 0 atom stereocenters. The summed E-state index contributed by atoms with van der Waals surface area (Å²) < 4.78 is 56.9. The summed E-state index contributed by atoms with van der Waals surface area (Å²) >= 11 is 6.17. The Labute approximate surface area is 203 Å². The molecule has 1 N–H and O–H groups in total. The van der Waals surface area contributed by atoms with Crippen molar-refractivity contribution in [3.05, 3.63) is 87.9 Å². The second kappa shape index (κ2) is 9.32. The van der Waals surface area contributed by atoms with E-state index in [9.17, 15) is 26.8 Å². The van der Waals surface area contributed by atoms with Crippen LogP contribution >= 0.6 is 11.6 Å². The fourth-order valence-electron chi connectivity index (χ4n) is 3.52. The molecule has 0 aromatic heterocycles. The number of imide groups is 1. The van der Waals surface area contributed by atoms with Gasteiger partial charge in [0.25, 0.3) is 21.8 Å². The Morgan fingerprint density at radius 3 is 2.37 bits per heavy atom. The van der Waals surface area contributed by atoms with Gasteiger partial charge in [-0.25, -0.2) is 8.42 Å². The molecule has 3 aromatic rings. The zero-order chi connectivity index (χ0) is 25.3. The number of hydrogen-bond donors (Lipinski definition) is 1. The molecule has 4 rings (SSSR count). The van der Waals surface area contributed by atoms with Crippen molar-refractivity contribution in [1.29, 1.82) is 5.26 Å². The molecule has 1 heterocycles. The molecule has 0 bridgehead atoms. The van der Waals surface area contributed by atoms with Crippen LogP contribution in [-0.4, -0.2) is 31.7 Å². The van der Waals surface area contributed by atoms with Gasteiger partial charge < -0.3 is 4.74 Å². The number of benzene rings is 3. The average Bonchev–Trinajstić information content (AvgIpc) is 3.07. The van der Waals surface area contributed by atoms with Crippen LogP contribution in [0.25, 0.3) is 0 Å². The molecule has 0 aliphatic carbocycles. The largest absolute Gasteiger partial charge is 0.435 e. The Kier molecular flexibility index (Phi) is 6.43. The summed E-state index contributed by atoms with van der Waals surface area (Å²) in [6, 6.07) is 15.1. The van der Waals surface area contributed by atoms with E-state index in [4.69, 9.17) is 16.9 Å². The normalized spacial score (nSPS) is 13.1. The van der Waals surface area contributed by atoms with Gasteiger partial charge in [0.1, 0.15) is 5.75 Å². The maximum absolute atomic E-state index is 13.2. The zero-order valence-corrected chi connectivity index (χ0v) is 19.1. The molecule has 0 saturated heterocycles. The minimum absolute atomic E-state index is 0.0388. The Morgan fingerprint density at radius 1 is 1.03 bits per heavy atom. The van der Waals surface area contributed by atoms with Crippen LogP contribution in [0, 0.1) is 11.3 Å². The van der Waals surface area contributed by atoms with Crippen molar-refractivity contribution >= 4 is 39.1 Å². The molecule has 8 nitrogen and oxygen atoms in total. The third kappa shape index (κ3) is 4.80. The monoisotopic (exact) mass is 517 g/mol. The van der Waals surface area contributed by atoms with Gasteiger partial charge >= 0.3 is 6.61 Å². The van der Waals surface area contributed by atoms with Crippen LogP contribution in [0.1, 0.15) is 31.8 Å². The van der Waals surface area contributed by atoms with Crippen LogP contribution in [0.15, 0.2) is 65.6 Å². The minimum Gasteiger partial charge on any atom is -0.435 e. The molecule has 0 radical (unpaired) electrons. The lowest BCUT2D eigenvalue weighted by molar-refractivity contribution is -0.0498. The van der Waals surface area contributed by atoms with Gasteiger partial charge in [0.05, 0.1) is 44.9 Å². The number of nitrogens with one attached hydrogen (secondary N) is 1. The summed E-state index contributed by atoms with van der Waals surface area (Å²) in [4.78, 5) is 26.8. The molecule has 12 heteroatoms. The van der Waals surface area contributed by atoms with Crippen LogP contribution in [0.4, 0.5) is 14.5 Å². The number of hydrogen-bond acceptors (Lipinski definition) is 6. The number of nitriles is 1. The Hall–Kier alpha value is -4.01. The fourth-order valence-corrected chi connectivity index (χ4v) is 4.84. The fraction of sp³-hybridized carbons (Fsp3) is 0.0870. The van der Waals surface area contributed by atoms with Crippen molar-refractivity contribution in [1.82, 2.24) is 4.90 Å². The SMILES string of the molecule is N#Cc1cccc(CN2C(=O)c3c(Cl)ccc(NS(=O)(=O)c4ccc(OC(F)F)cc4)c3C2=O)c1. The number of sulfonamides is 1. The van der Waals surface area contributed by atoms with E-state index in [1.165, 1.54) is 18.2 Å². The van der Waals surface area contributed by atoms with Gasteiger partial charge in [-0.2, -0.15) is 14.0 Å². The van der Waals surface area contributed by atoms with Crippen molar-refractivity contribution in [2.75, 3.05) is 4.72 Å². The lowest BCUT2D eigenvalue weighted by Gasteiger charge is -2.14. The topological polar surface area (TPSA) is 117 Å². The van der Waals surface area contributed by atoms with E-state index in [1.54, 1.807) is 18.2 Å². The van der Waals surface area contributed by atoms with Gasteiger partial charge in [-0.3, -0.25) is 19.2 Å². The molecule has 0 unspecified atom stereocenters. The van der Waals surface area contributed by atoms with E-state index in [2.05, 4.69) is 9.46 Å². The first-order valence-corrected chi connectivity index (χ1v) is 11.7. The number of alkyl halides is 2. The molecule has 0 saturated carbocycles. The summed E-state index contributed by atoms with van der Waals surface area (Å²) in [6.45, 7) is -3.23. The number of rotatable bonds is 7. The maximum Gasteiger partial charge on any atom is 0.387 e. The van der Waals surface area contributed by atoms with Gasteiger partial charge in [-0.05, 0) is 54.1 Å². The van der Waals surface area contributed by atoms with E-state index in [1.807, 2.05) is 6.07 Å². The number of anilines is 1. The molecular weight excluding hydrogens is 504 g/mol. The lowest BCUT2D eigenvalue weighted by Crippen LogP contribution is -2.29. The maximum atomic E-state index is 13.2. The van der Waals surface area contributed by atoms with E-state index in [-0.39, 0.29) is 39.0 Å². The lowest BCUT2D eigenvalue weighted by atomic mass is 10.1. The van der Waals surface area contributed by atoms with Gasteiger partial charge in [0, 0.05) is 0 Å². The van der Waals surface area contributed by atoms with E-state index in [0.29, 0.717) is 11.1 Å². The molecule has 3 aromatic carbocycles. The van der Waals surface area contributed by atoms with Crippen LogP contribution in [0.5, 0.6) is 5.75 Å². The highest BCUT2D eigenvalue weighted by atomic mass is 35.5. The van der Waals surface area contributed by atoms with Gasteiger partial charge in [-0.15, -0.1) is 0 Å². The van der Waals surface area contributed by atoms with Crippen molar-refractivity contribution < 1.29 is 31.5 Å². The van der Waals surface area contributed by atoms with Crippen LogP contribution < -0.4 is 9.46 Å². The molecule has 2 amide bonds. The number of nitrogens with zero attached hydrogens (tertiary/aromatic N) is 2. The van der Waals surface area contributed by atoms with Crippen molar-refractivity contribution in [2.24, 2.45) is 0 Å². The second-order valence-corrected chi connectivity index (χ2v) is 9.40. The number of carbonyl (C=O) groups excluding carboxylic acids is 2. The van der Waals surface area contributed by atoms with Crippen LogP contribution in [0.3, 0.4) is 0 Å².